The molecule has 0 N–H and O–H groups in total. The first kappa shape index (κ1) is 16.5. The van der Waals surface area contributed by atoms with Crippen LogP contribution in [0.1, 0.15) is 38.1 Å². The molecular weight excluding hydrogens is 340 g/mol. The van der Waals surface area contributed by atoms with E-state index >= 15 is 0 Å². The minimum atomic E-state index is -0.137. The summed E-state index contributed by atoms with van der Waals surface area (Å²) in [6.07, 6.45) is 10.8. The van der Waals surface area contributed by atoms with Gasteiger partial charge in [0.1, 0.15) is 0 Å². The molecule has 27 heavy (non-hydrogen) atoms. The molecule has 0 radical (unpaired) electrons. The molecule has 0 spiro atoms. The topological polar surface area (TPSA) is 61.8 Å². The smallest absolute Gasteiger partial charge is 0.331 e. The highest BCUT2D eigenvalue weighted by atomic mass is 16.2. The number of imidazole rings is 1. The van der Waals surface area contributed by atoms with Crippen molar-refractivity contribution in [2.75, 3.05) is 0 Å². The van der Waals surface area contributed by atoms with Crippen LogP contribution >= 0.6 is 0 Å². The molecule has 2 fully saturated rings. The van der Waals surface area contributed by atoms with Crippen molar-refractivity contribution in [1.29, 1.82) is 0 Å². The second kappa shape index (κ2) is 6.51. The predicted molar refractivity (Wildman–Crippen MR) is 104 cm³/mol. The Hall–Kier alpha value is -2.63. The molecule has 1 aromatic carbocycles. The van der Waals surface area contributed by atoms with Crippen LogP contribution in [0.2, 0.25) is 0 Å². The maximum atomic E-state index is 13.4. The normalized spacial score (nSPS) is 24.1. The Bertz CT molecular complexity index is 1080. The van der Waals surface area contributed by atoms with Gasteiger partial charge in [-0.25, -0.2) is 9.78 Å². The zero-order valence-corrected chi connectivity index (χ0v) is 15.3. The van der Waals surface area contributed by atoms with Crippen LogP contribution in [0.5, 0.6) is 0 Å². The van der Waals surface area contributed by atoms with E-state index < -0.39 is 0 Å². The van der Waals surface area contributed by atoms with Gasteiger partial charge in [0, 0.05) is 31.5 Å². The summed E-state index contributed by atoms with van der Waals surface area (Å²) in [4.78, 5) is 30.6. The van der Waals surface area contributed by atoms with Gasteiger partial charge in [0.2, 0.25) is 0 Å². The Balaban J connectivity index is 1.56. The maximum Gasteiger partial charge on any atom is 0.331 e. The lowest BCUT2D eigenvalue weighted by molar-refractivity contribution is 0.309. The van der Waals surface area contributed by atoms with Crippen molar-refractivity contribution in [3.63, 3.8) is 0 Å². The van der Waals surface area contributed by atoms with Crippen molar-refractivity contribution in [3.8, 4) is 0 Å². The van der Waals surface area contributed by atoms with Crippen LogP contribution in [0.3, 0.4) is 0 Å². The summed E-state index contributed by atoms with van der Waals surface area (Å²) >= 11 is 0. The summed E-state index contributed by atoms with van der Waals surface area (Å²) in [5, 5.41) is 0.655. The molecule has 6 nitrogen and oxygen atoms in total. The fourth-order valence-corrected chi connectivity index (χ4v) is 5.21. The minimum Gasteiger partial charge on any atom is -0.337 e. The number of fused-ring (bicyclic) bond motifs is 3. The Morgan fingerprint density at radius 2 is 1.96 bits per heavy atom. The molecule has 0 amide bonds. The number of aryl methyl sites for hydroxylation is 2. The highest BCUT2D eigenvalue weighted by molar-refractivity contribution is 5.77. The molecule has 2 aliphatic carbocycles. The van der Waals surface area contributed by atoms with Crippen LogP contribution in [-0.2, 0) is 13.1 Å². The number of benzene rings is 1. The van der Waals surface area contributed by atoms with Gasteiger partial charge in [-0.3, -0.25) is 13.9 Å². The van der Waals surface area contributed by atoms with Gasteiger partial charge in [-0.05, 0) is 49.7 Å². The van der Waals surface area contributed by atoms with Crippen molar-refractivity contribution < 1.29 is 0 Å². The van der Waals surface area contributed by atoms with Crippen molar-refractivity contribution in [3.05, 3.63) is 63.8 Å². The lowest BCUT2D eigenvalue weighted by atomic mass is 9.95. The summed E-state index contributed by atoms with van der Waals surface area (Å²) in [5.74, 6) is 1.17. The highest BCUT2D eigenvalue weighted by Crippen LogP contribution is 2.49. The molecule has 3 aromatic rings. The van der Waals surface area contributed by atoms with Crippen LogP contribution in [0, 0.1) is 11.8 Å². The van der Waals surface area contributed by atoms with Crippen LogP contribution in [0.15, 0.2) is 52.6 Å². The Labute approximate surface area is 157 Å². The average Bonchev–Trinajstić information content (AvgIpc) is 3.43. The van der Waals surface area contributed by atoms with Gasteiger partial charge in [0.15, 0.2) is 0 Å². The van der Waals surface area contributed by atoms with E-state index in [0.717, 1.165) is 31.3 Å². The summed E-state index contributed by atoms with van der Waals surface area (Å²) in [7, 11) is 0. The number of para-hydroxylation sites is 1. The third kappa shape index (κ3) is 2.74. The van der Waals surface area contributed by atoms with Gasteiger partial charge < -0.3 is 4.57 Å². The SMILES string of the molecule is O=c1c2ccccc2n(CCCn2ccnc2)c(=O)n1C1CC2CCC1C2. The van der Waals surface area contributed by atoms with Gasteiger partial charge >= 0.3 is 5.69 Å². The third-order valence-corrected chi connectivity index (χ3v) is 6.47. The molecule has 6 heteroatoms. The quantitative estimate of drug-likeness (QED) is 0.699. The summed E-state index contributed by atoms with van der Waals surface area (Å²) < 4.78 is 5.40. The molecule has 5 rings (SSSR count). The molecule has 2 heterocycles. The molecule has 140 valence electrons. The van der Waals surface area contributed by atoms with E-state index in [1.54, 1.807) is 21.7 Å². The third-order valence-electron chi connectivity index (χ3n) is 6.47. The second-order valence-corrected chi connectivity index (χ2v) is 8.02. The fraction of sp³-hybridized carbons (Fsp3) is 0.476. The van der Waals surface area contributed by atoms with Crippen molar-refractivity contribution in [1.82, 2.24) is 18.7 Å². The fourth-order valence-electron chi connectivity index (χ4n) is 5.21. The molecule has 0 saturated heterocycles. The van der Waals surface area contributed by atoms with E-state index in [9.17, 15) is 9.59 Å². The standard InChI is InChI=1S/C21H24N4O2/c26-20-17-4-1-2-5-18(17)24(10-3-9-23-11-8-22-14-23)21(27)25(20)19-13-15-6-7-16(19)12-15/h1-2,4-5,8,11,14-16,19H,3,6-7,9-10,12-13H2. The molecule has 3 atom stereocenters. The van der Waals surface area contributed by atoms with Gasteiger partial charge in [0.05, 0.1) is 17.2 Å². The van der Waals surface area contributed by atoms with Gasteiger partial charge in [-0.2, -0.15) is 0 Å². The molecule has 2 aromatic heterocycles. The first-order valence-electron chi connectivity index (χ1n) is 9.92. The highest BCUT2D eigenvalue weighted by Gasteiger charge is 2.42. The number of hydrogen-bond acceptors (Lipinski definition) is 3. The maximum absolute atomic E-state index is 13.4. The lowest BCUT2D eigenvalue weighted by Crippen LogP contribution is -2.43. The van der Waals surface area contributed by atoms with Gasteiger partial charge in [0.25, 0.3) is 5.56 Å². The Morgan fingerprint density at radius 3 is 2.70 bits per heavy atom. The zero-order valence-electron chi connectivity index (χ0n) is 15.3. The predicted octanol–water partition coefficient (Wildman–Crippen LogP) is 2.81. The molecule has 0 aliphatic heterocycles. The van der Waals surface area contributed by atoms with Crippen molar-refractivity contribution >= 4 is 10.9 Å². The van der Waals surface area contributed by atoms with Gasteiger partial charge in [-0.1, -0.05) is 18.6 Å². The molecule has 3 unspecified atom stereocenters. The summed E-state index contributed by atoms with van der Waals surface area (Å²) in [6, 6.07) is 7.60. The number of aromatic nitrogens is 4. The minimum absolute atomic E-state index is 0.0771. The first-order valence-corrected chi connectivity index (χ1v) is 9.92. The van der Waals surface area contributed by atoms with Crippen LogP contribution in [0.25, 0.3) is 10.9 Å². The number of nitrogens with zero attached hydrogens (tertiary/aromatic N) is 4. The van der Waals surface area contributed by atoms with Crippen molar-refractivity contribution in [2.24, 2.45) is 11.8 Å². The molecule has 2 saturated carbocycles. The second-order valence-electron chi connectivity index (χ2n) is 8.02. The zero-order chi connectivity index (χ0) is 18.4. The average molecular weight is 364 g/mol. The van der Waals surface area contributed by atoms with E-state index in [4.69, 9.17) is 0 Å². The molecular formula is C21H24N4O2. The van der Waals surface area contributed by atoms with E-state index in [-0.39, 0.29) is 17.3 Å². The van der Waals surface area contributed by atoms with Crippen molar-refractivity contribution in [2.45, 2.75) is 51.2 Å². The number of rotatable bonds is 5. The summed E-state index contributed by atoms with van der Waals surface area (Å²) in [5.41, 5.74) is 0.499. The Morgan fingerprint density at radius 1 is 1.07 bits per heavy atom. The van der Waals surface area contributed by atoms with Gasteiger partial charge in [-0.15, -0.1) is 0 Å². The monoisotopic (exact) mass is 364 g/mol. The van der Waals surface area contributed by atoms with E-state index in [0.29, 0.717) is 23.8 Å². The first-order chi connectivity index (χ1) is 13.2. The van der Waals surface area contributed by atoms with E-state index in [1.165, 1.54) is 12.8 Å². The van der Waals surface area contributed by atoms with E-state index in [2.05, 4.69) is 4.98 Å². The van der Waals surface area contributed by atoms with Crippen LogP contribution < -0.4 is 11.2 Å². The van der Waals surface area contributed by atoms with E-state index in [1.807, 2.05) is 35.0 Å². The van der Waals surface area contributed by atoms with Crippen LogP contribution in [-0.4, -0.2) is 18.7 Å². The summed E-state index contributed by atoms with van der Waals surface area (Å²) in [6.45, 7) is 1.40. The lowest BCUT2D eigenvalue weighted by Gasteiger charge is -2.25. The number of hydrogen-bond donors (Lipinski definition) is 0. The van der Waals surface area contributed by atoms with Crippen LogP contribution in [0.4, 0.5) is 0 Å². The Kier molecular flexibility index (Phi) is 3.99. The largest absolute Gasteiger partial charge is 0.337 e. The molecule has 2 bridgehead atoms. The molecule has 2 aliphatic rings.